The normalized spacial score (nSPS) is 23.4. The Labute approximate surface area is 119 Å². The molecule has 2 N–H and O–H groups in total. The summed E-state index contributed by atoms with van der Waals surface area (Å²) in [6, 6.07) is 8.45. The highest BCUT2D eigenvalue weighted by Gasteiger charge is 2.28. The van der Waals surface area contributed by atoms with E-state index in [2.05, 4.69) is 18.7 Å². The largest absolute Gasteiger partial charge is 0.399 e. The van der Waals surface area contributed by atoms with Gasteiger partial charge in [-0.15, -0.1) is 11.8 Å². The van der Waals surface area contributed by atoms with Gasteiger partial charge in [-0.05, 0) is 51.3 Å². The molecule has 1 aliphatic heterocycles. The maximum Gasteiger partial charge on any atom is 0.233 e. The number of carbonyl (C=O) groups is 1. The Kier molecular flexibility index (Phi) is 4.75. The first-order valence-corrected chi connectivity index (χ1v) is 7.86. The first kappa shape index (κ1) is 14.3. The molecule has 19 heavy (non-hydrogen) atoms. The Morgan fingerprint density at radius 2 is 2.05 bits per heavy atom. The lowest BCUT2D eigenvalue weighted by Gasteiger charge is -2.39. The van der Waals surface area contributed by atoms with Gasteiger partial charge in [0.05, 0.1) is 5.75 Å². The van der Waals surface area contributed by atoms with E-state index in [0.29, 0.717) is 17.8 Å². The fraction of sp³-hybridized carbons (Fsp3) is 0.533. The van der Waals surface area contributed by atoms with E-state index in [9.17, 15) is 4.79 Å². The van der Waals surface area contributed by atoms with Crippen LogP contribution in [0.25, 0.3) is 0 Å². The molecule has 0 saturated carbocycles. The fourth-order valence-corrected chi connectivity index (χ4v) is 3.57. The Morgan fingerprint density at radius 1 is 1.37 bits per heavy atom. The molecule has 104 valence electrons. The summed E-state index contributed by atoms with van der Waals surface area (Å²) >= 11 is 1.57. The van der Waals surface area contributed by atoms with Gasteiger partial charge in [-0.25, -0.2) is 0 Å². The van der Waals surface area contributed by atoms with Crippen LogP contribution >= 0.6 is 11.8 Å². The Morgan fingerprint density at radius 3 is 2.68 bits per heavy atom. The molecule has 0 aliphatic carbocycles. The predicted octanol–water partition coefficient (Wildman–Crippen LogP) is 3.15. The van der Waals surface area contributed by atoms with Crippen molar-refractivity contribution in [3.63, 3.8) is 0 Å². The molecule has 1 saturated heterocycles. The van der Waals surface area contributed by atoms with Crippen LogP contribution in [0.1, 0.15) is 33.1 Å². The molecule has 1 fully saturated rings. The van der Waals surface area contributed by atoms with Crippen molar-refractivity contribution in [2.24, 2.45) is 0 Å². The summed E-state index contributed by atoms with van der Waals surface area (Å²) < 4.78 is 0. The van der Waals surface area contributed by atoms with Crippen LogP contribution in [0.15, 0.2) is 29.2 Å². The Bertz CT molecular complexity index is 440. The number of likely N-dealkylation sites (tertiary alicyclic amines) is 1. The highest BCUT2D eigenvalue weighted by atomic mass is 32.2. The van der Waals surface area contributed by atoms with Gasteiger partial charge in [0.1, 0.15) is 0 Å². The van der Waals surface area contributed by atoms with E-state index in [1.54, 1.807) is 11.8 Å². The van der Waals surface area contributed by atoms with E-state index in [1.165, 1.54) is 6.42 Å². The molecule has 2 rings (SSSR count). The van der Waals surface area contributed by atoms with Crippen molar-refractivity contribution >= 4 is 23.4 Å². The zero-order valence-corrected chi connectivity index (χ0v) is 12.5. The molecule has 1 amide bonds. The standard InChI is InChI=1S/C15H22N2OS/c1-11-5-3-6-12(2)17(11)15(18)10-19-14-8-4-7-13(16)9-14/h4,7-9,11-12H,3,5-6,10,16H2,1-2H3/t11-,12+. The molecule has 0 aromatic heterocycles. The lowest BCUT2D eigenvalue weighted by molar-refractivity contribution is -0.134. The Balaban J connectivity index is 1.93. The monoisotopic (exact) mass is 278 g/mol. The van der Waals surface area contributed by atoms with E-state index in [-0.39, 0.29) is 5.91 Å². The molecule has 0 spiro atoms. The summed E-state index contributed by atoms with van der Waals surface area (Å²) in [6.07, 6.45) is 3.48. The van der Waals surface area contributed by atoms with Crippen LogP contribution in [0.3, 0.4) is 0 Å². The lowest BCUT2D eigenvalue weighted by Crippen LogP contribution is -2.48. The van der Waals surface area contributed by atoms with Crippen LogP contribution < -0.4 is 5.73 Å². The zero-order valence-electron chi connectivity index (χ0n) is 11.6. The highest BCUT2D eigenvalue weighted by Crippen LogP contribution is 2.25. The minimum absolute atomic E-state index is 0.243. The van der Waals surface area contributed by atoms with Crippen LogP contribution in [0, 0.1) is 0 Å². The fourth-order valence-electron chi connectivity index (χ4n) is 2.74. The quantitative estimate of drug-likeness (QED) is 0.682. The number of rotatable bonds is 3. The molecule has 0 unspecified atom stereocenters. The van der Waals surface area contributed by atoms with E-state index < -0.39 is 0 Å². The number of carbonyl (C=O) groups excluding carboxylic acids is 1. The van der Waals surface area contributed by atoms with Crippen LogP contribution in [-0.4, -0.2) is 28.6 Å². The second kappa shape index (κ2) is 6.33. The van der Waals surface area contributed by atoms with Gasteiger partial charge in [0, 0.05) is 22.7 Å². The number of hydrogen-bond acceptors (Lipinski definition) is 3. The average molecular weight is 278 g/mol. The minimum atomic E-state index is 0.243. The third kappa shape index (κ3) is 3.66. The molecule has 0 bridgehead atoms. The number of thioether (sulfide) groups is 1. The van der Waals surface area contributed by atoms with Crippen molar-refractivity contribution in [3.8, 4) is 0 Å². The first-order chi connectivity index (χ1) is 9.08. The van der Waals surface area contributed by atoms with Gasteiger partial charge in [0.15, 0.2) is 0 Å². The van der Waals surface area contributed by atoms with E-state index in [1.807, 2.05) is 24.3 Å². The van der Waals surface area contributed by atoms with Crippen LogP contribution in [0.4, 0.5) is 5.69 Å². The van der Waals surface area contributed by atoms with E-state index in [0.717, 1.165) is 23.4 Å². The molecule has 2 atom stereocenters. The lowest BCUT2D eigenvalue weighted by atomic mass is 9.98. The maximum absolute atomic E-state index is 12.4. The third-order valence-corrected chi connectivity index (χ3v) is 4.68. The van der Waals surface area contributed by atoms with Crippen molar-refractivity contribution in [3.05, 3.63) is 24.3 Å². The van der Waals surface area contributed by atoms with Crippen molar-refractivity contribution in [1.82, 2.24) is 4.90 Å². The summed E-state index contributed by atoms with van der Waals surface area (Å²) in [6.45, 7) is 4.30. The molecular formula is C15H22N2OS. The first-order valence-electron chi connectivity index (χ1n) is 6.87. The molecule has 0 radical (unpaired) electrons. The molecular weight excluding hydrogens is 256 g/mol. The van der Waals surface area contributed by atoms with E-state index in [4.69, 9.17) is 5.73 Å². The SMILES string of the molecule is C[C@@H]1CCC[C@H](C)N1C(=O)CSc1cccc(N)c1. The maximum atomic E-state index is 12.4. The third-order valence-electron chi connectivity index (χ3n) is 3.70. The Hall–Kier alpha value is -1.16. The number of anilines is 1. The van der Waals surface area contributed by atoms with Crippen molar-refractivity contribution in [1.29, 1.82) is 0 Å². The van der Waals surface area contributed by atoms with Crippen LogP contribution in [0.5, 0.6) is 0 Å². The van der Waals surface area contributed by atoms with Crippen molar-refractivity contribution < 1.29 is 4.79 Å². The van der Waals surface area contributed by atoms with Crippen LogP contribution in [-0.2, 0) is 4.79 Å². The van der Waals surface area contributed by atoms with Gasteiger partial charge in [-0.2, -0.15) is 0 Å². The number of hydrogen-bond donors (Lipinski definition) is 1. The predicted molar refractivity (Wildman–Crippen MR) is 81.2 cm³/mol. The van der Waals surface area contributed by atoms with Crippen LogP contribution in [0.2, 0.25) is 0 Å². The topological polar surface area (TPSA) is 46.3 Å². The summed E-state index contributed by atoms with van der Waals surface area (Å²) in [4.78, 5) is 15.5. The summed E-state index contributed by atoms with van der Waals surface area (Å²) in [5.74, 6) is 0.741. The van der Waals surface area contributed by atoms with Gasteiger partial charge in [-0.3, -0.25) is 4.79 Å². The second-order valence-corrected chi connectivity index (χ2v) is 6.34. The average Bonchev–Trinajstić information content (AvgIpc) is 2.36. The molecule has 1 heterocycles. The second-order valence-electron chi connectivity index (χ2n) is 5.29. The molecule has 1 aromatic carbocycles. The smallest absolute Gasteiger partial charge is 0.233 e. The number of amides is 1. The van der Waals surface area contributed by atoms with E-state index >= 15 is 0 Å². The molecule has 1 aliphatic rings. The summed E-state index contributed by atoms with van der Waals surface area (Å²) in [7, 11) is 0. The van der Waals surface area contributed by atoms with Gasteiger partial charge in [-0.1, -0.05) is 6.07 Å². The van der Waals surface area contributed by atoms with Gasteiger partial charge in [0.2, 0.25) is 5.91 Å². The number of benzene rings is 1. The van der Waals surface area contributed by atoms with Crippen molar-refractivity contribution in [2.45, 2.75) is 50.1 Å². The zero-order chi connectivity index (χ0) is 13.8. The van der Waals surface area contributed by atoms with Gasteiger partial charge >= 0.3 is 0 Å². The number of nitrogens with two attached hydrogens (primary N) is 1. The molecule has 4 heteroatoms. The number of nitrogens with zero attached hydrogens (tertiary/aromatic N) is 1. The minimum Gasteiger partial charge on any atom is -0.399 e. The summed E-state index contributed by atoms with van der Waals surface area (Å²) in [5, 5.41) is 0. The highest BCUT2D eigenvalue weighted by molar-refractivity contribution is 8.00. The summed E-state index contributed by atoms with van der Waals surface area (Å²) in [5.41, 5.74) is 6.49. The molecule has 1 aromatic rings. The number of piperidine rings is 1. The molecule has 3 nitrogen and oxygen atoms in total. The van der Waals surface area contributed by atoms with Gasteiger partial charge in [0.25, 0.3) is 0 Å². The van der Waals surface area contributed by atoms with Crippen molar-refractivity contribution in [2.75, 3.05) is 11.5 Å². The number of nitrogen functional groups attached to an aromatic ring is 1. The van der Waals surface area contributed by atoms with Gasteiger partial charge < -0.3 is 10.6 Å².